The van der Waals surface area contributed by atoms with Gasteiger partial charge in [0.2, 0.25) is 5.91 Å². The Bertz CT molecular complexity index is 977. The van der Waals surface area contributed by atoms with E-state index in [2.05, 4.69) is 22.5 Å². The van der Waals surface area contributed by atoms with Crippen LogP contribution in [-0.2, 0) is 11.3 Å². The zero-order chi connectivity index (χ0) is 22.1. The molecule has 1 aliphatic heterocycles. The monoisotopic (exact) mass is 421 g/mol. The van der Waals surface area contributed by atoms with Crippen molar-refractivity contribution in [3.63, 3.8) is 0 Å². The molecule has 7 nitrogen and oxygen atoms in total. The third kappa shape index (κ3) is 6.16. The van der Waals surface area contributed by atoms with Crippen molar-refractivity contribution >= 4 is 17.6 Å². The summed E-state index contributed by atoms with van der Waals surface area (Å²) >= 11 is 0. The molecule has 0 spiro atoms. The maximum atomic E-state index is 12.0. The van der Waals surface area contributed by atoms with Crippen molar-refractivity contribution in [2.75, 3.05) is 32.2 Å². The average molecular weight is 421 g/mol. The molecular formula is C24H27N3O4. The molecule has 1 fully saturated rings. The van der Waals surface area contributed by atoms with E-state index in [1.54, 1.807) is 20.3 Å². The highest BCUT2D eigenvalue weighted by Gasteiger charge is 2.19. The summed E-state index contributed by atoms with van der Waals surface area (Å²) < 4.78 is 10.5. The number of carbonyl (C=O) groups is 2. The van der Waals surface area contributed by atoms with Crippen molar-refractivity contribution in [1.29, 1.82) is 0 Å². The summed E-state index contributed by atoms with van der Waals surface area (Å²) in [6.45, 7) is 1.35. The highest BCUT2D eigenvalue weighted by Crippen LogP contribution is 2.27. The van der Waals surface area contributed by atoms with E-state index in [9.17, 15) is 9.59 Å². The van der Waals surface area contributed by atoms with Crippen LogP contribution in [0.1, 0.15) is 30.4 Å². The molecule has 0 aliphatic carbocycles. The topological polar surface area (TPSA) is 79.9 Å². The molecule has 0 saturated carbocycles. The lowest BCUT2D eigenvalue weighted by Gasteiger charge is -2.26. The molecule has 2 aromatic carbocycles. The lowest BCUT2D eigenvalue weighted by Crippen LogP contribution is -2.35. The Balaban J connectivity index is 1.44. The fraction of sp³-hybridized carbons (Fsp3) is 0.333. The maximum Gasteiger partial charge on any atom is 0.315 e. The zero-order valence-corrected chi connectivity index (χ0v) is 17.9. The summed E-state index contributed by atoms with van der Waals surface area (Å²) in [5, 5.41) is 5.49. The van der Waals surface area contributed by atoms with E-state index in [0.717, 1.165) is 36.2 Å². The van der Waals surface area contributed by atoms with E-state index >= 15 is 0 Å². The van der Waals surface area contributed by atoms with E-state index in [4.69, 9.17) is 9.47 Å². The number of hydrogen-bond donors (Lipinski definition) is 2. The summed E-state index contributed by atoms with van der Waals surface area (Å²) in [4.78, 5) is 25.8. The van der Waals surface area contributed by atoms with Gasteiger partial charge in [0.15, 0.2) is 11.5 Å². The smallest absolute Gasteiger partial charge is 0.315 e. The van der Waals surface area contributed by atoms with Gasteiger partial charge in [-0.25, -0.2) is 4.79 Å². The molecule has 7 heteroatoms. The predicted molar refractivity (Wildman–Crippen MR) is 119 cm³/mol. The molecule has 31 heavy (non-hydrogen) atoms. The first kappa shape index (κ1) is 22.0. The van der Waals surface area contributed by atoms with Crippen LogP contribution in [0.25, 0.3) is 0 Å². The van der Waals surface area contributed by atoms with Gasteiger partial charge in [0, 0.05) is 30.8 Å². The fourth-order valence-electron chi connectivity index (χ4n) is 3.31. The van der Waals surface area contributed by atoms with Gasteiger partial charge in [-0.1, -0.05) is 17.9 Å². The summed E-state index contributed by atoms with van der Waals surface area (Å²) in [6.07, 6.45) is 2.61. The Hall–Kier alpha value is -3.66. The van der Waals surface area contributed by atoms with Gasteiger partial charge < -0.3 is 25.0 Å². The molecule has 3 rings (SSSR count). The number of urea groups is 1. The Morgan fingerprint density at radius 3 is 2.52 bits per heavy atom. The Morgan fingerprint density at radius 1 is 1.03 bits per heavy atom. The van der Waals surface area contributed by atoms with Crippen molar-refractivity contribution in [2.24, 2.45) is 0 Å². The quantitative estimate of drug-likeness (QED) is 0.703. The van der Waals surface area contributed by atoms with Crippen molar-refractivity contribution in [3.8, 4) is 23.3 Å². The molecule has 162 valence electrons. The minimum Gasteiger partial charge on any atom is -0.493 e. The SMILES string of the molecule is COc1ccc(CNC(=O)NCC#Cc2ccc(N3CCCCC3=O)cc2)cc1OC. The third-order valence-corrected chi connectivity index (χ3v) is 4.97. The molecule has 1 saturated heterocycles. The lowest BCUT2D eigenvalue weighted by atomic mass is 10.1. The molecule has 1 aliphatic rings. The number of nitrogens with one attached hydrogen (secondary N) is 2. The number of hydrogen-bond acceptors (Lipinski definition) is 4. The normalized spacial score (nSPS) is 13.1. The zero-order valence-electron chi connectivity index (χ0n) is 17.9. The molecule has 0 unspecified atom stereocenters. The van der Waals surface area contributed by atoms with Crippen molar-refractivity contribution in [3.05, 3.63) is 53.6 Å². The Kier molecular flexibility index (Phi) is 7.77. The molecule has 2 aromatic rings. The van der Waals surface area contributed by atoms with E-state index in [1.165, 1.54) is 0 Å². The number of anilines is 1. The Morgan fingerprint density at radius 2 is 1.81 bits per heavy atom. The average Bonchev–Trinajstić information content (AvgIpc) is 2.81. The van der Waals surface area contributed by atoms with Gasteiger partial charge in [-0.2, -0.15) is 0 Å². The van der Waals surface area contributed by atoms with Crippen LogP contribution < -0.4 is 25.0 Å². The van der Waals surface area contributed by atoms with Gasteiger partial charge in [0.25, 0.3) is 0 Å². The van der Waals surface area contributed by atoms with E-state index < -0.39 is 0 Å². The van der Waals surface area contributed by atoms with Crippen LogP contribution in [0.2, 0.25) is 0 Å². The minimum atomic E-state index is -0.303. The first-order valence-corrected chi connectivity index (χ1v) is 10.2. The second kappa shape index (κ2) is 10.9. The number of piperidine rings is 1. The highest BCUT2D eigenvalue weighted by atomic mass is 16.5. The largest absolute Gasteiger partial charge is 0.493 e. The summed E-state index contributed by atoms with van der Waals surface area (Å²) in [7, 11) is 3.15. The minimum absolute atomic E-state index is 0.174. The molecule has 2 N–H and O–H groups in total. The predicted octanol–water partition coefficient (Wildman–Crippen LogP) is 3.07. The number of benzene rings is 2. The molecular weight excluding hydrogens is 394 g/mol. The van der Waals surface area contributed by atoms with Gasteiger partial charge >= 0.3 is 6.03 Å². The number of methoxy groups -OCH3 is 2. The van der Waals surface area contributed by atoms with Crippen LogP contribution in [0.15, 0.2) is 42.5 Å². The molecule has 0 bridgehead atoms. The van der Waals surface area contributed by atoms with Crippen LogP contribution in [-0.4, -0.2) is 39.2 Å². The molecule has 1 heterocycles. The van der Waals surface area contributed by atoms with Crippen LogP contribution >= 0.6 is 0 Å². The van der Waals surface area contributed by atoms with Gasteiger partial charge in [-0.15, -0.1) is 0 Å². The first-order chi connectivity index (χ1) is 15.1. The fourth-order valence-corrected chi connectivity index (χ4v) is 3.31. The lowest BCUT2D eigenvalue weighted by molar-refractivity contribution is -0.119. The highest BCUT2D eigenvalue weighted by molar-refractivity contribution is 5.94. The second-order valence-corrected chi connectivity index (χ2v) is 7.08. The molecule has 0 atom stereocenters. The standard InChI is InChI=1S/C24H27N3O4/c1-30-21-13-10-19(16-22(21)31-2)17-26-24(29)25-14-5-6-18-8-11-20(12-9-18)27-15-4-3-7-23(27)28/h8-13,16H,3-4,7,14-15,17H2,1-2H3,(H2,25,26,29). The molecule has 0 aromatic heterocycles. The molecule has 0 radical (unpaired) electrons. The van der Waals surface area contributed by atoms with Crippen LogP contribution in [0.3, 0.4) is 0 Å². The van der Waals surface area contributed by atoms with Gasteiger partial charge in [0.05, 0.1) is 20.8 Å². The first-order valence-electron chi connectivity index (χ1n) is 10.2. The van der Waals surface area contributed by atoms with Gasteiger partial charge in [0.1, 0.15) is 0 Å². The van der Waals surface area contributed by atoms with Crippen LogP contribution in [0, 0.1) is 11.8 Å². The summed E-state index contributed by atoms with van der Waals surface area (Å²) in [6, 6.07) is 12.8. The van der Waals surface area contributed by atoms with Crippen LogP contribution in [0.5, 0.6) is 11.5 Å². The number of amides is 3. The van der Waals surface area contributed by atoms with E-state index in [1.807, 2.05) is 41.3 Å². The number of ether oxygens (including phenoxy) is 2. The van der Waals surface area contributed by atoms with E-state index in [-0.39, 0.29) is 18.5 Å². The Labute approximate surface area is 182 Å². The number of nitrogens with zero attached hydrogens (tertiary/aromatic N) is 1. The third-order valence-electron chi connectivity index (χ3n) is 4.97. The van der Waals surface area contributed by atoms with E-state index in [0.29, 0.717) is 24.5 Å². The maximum absolute atomic E-state index is 12.0. The van der Waals surface area contributed by atoms with Crippen molar-refractivity contribution in [2.45, 2.75) is 25.8 Å². The molecule has 3 amide bonds. The van der Waals surface area contributed by atoms with Crippen molar-refractivity contribution in [1.82, 2.24) is 10.6 Å². The summed E-state index contributed by atoms with van der Waals surface area (Å²) in [5.41, 5.74) is 2.63. The van der Waals surface area contributed by atoms with Crippen LogP contribution in [0.4, 0.5) is 10.5 Å². The number of carbonyl (C=O) groups excluding carboxylic acids is 2. The van der Waals surface area contributed by atoms with Gasteiger partial charge in [-0.3, -0.25) is 4.79 Å². The summed E-state index contributed by atoms with van der Waals surface area (Å²) in [5.74, 6) is 7.38. The van der Waals surface area contributed by atoms with Crippen molar-refractivity contribution < 1.29 is 19.1 Å². The van der Waals surface area contributed by atoms with Gasteiger partial charge in [-0.05, 0) is 54.8 Å². The second-order valence-electron chi connectivity index (χ2n) is 7.08. The number of rotatable bonds is 6.